The van der Waals surface area contributed by atoms with Crippen LogP contribution >= 0.6 is 0 Å². The van der Waals surface area contributed by atoms with Crippen molar-refractivity contribution in [2.24, 2.45) is 0 Å². The van der Waals surface area contributed by atoms with Crippen molar-refractivity contribution < 1.29 is 20.9 Å². The van der Waals surface area contributed by atoms with Crippen molar-refractivity contribution in [1.29, 1.82) is 0 Å². The second kappa shape index (κ2) is 2.13. The van der Waals surface area contributed by atoms with Crippen LogP contribution in [0, 0.1) is 0 Å². The van der Waals surface area contributed by atoms with Gasteiger partial charge in [-0.15, -0.1) is 0 Å². The maximum absolute atomic E-state index is 10.1. The van der Waals surface area contributed by atoms with Crippen LogP contribution in [0.4, 0.5) is 0 Å². The van der Waals surface area contributed by atoms with Crippen LogP contribution in [0.5, 0.6) is 0 Å². The zero-order valence-electron chi connectivity index (χ0n) is 3.87. The third-order valence-corrected chi connectivity index (χ3v) is 2.33. The van der Waals surface area contributed by atoms with Gasteiger partial charge in [-0.05, 0) is 0 Å². The molecule has 0 bridgehead atoms. The van der Waals surface area contributed by atoms with Crippen LogP contribution in [0.25, 0.3) is 0 Å². The molecule has 0 spiro atoms. The number of hydrogen-bond donors (Lipinski definition) is 0. The summed E-state index contributed by atoms with van der Waals surface area (Å²) in [6.07, 6.45) is 3.65. The molecule has 0 atom stereocenters. The van der Waals surface area contributed by atoms with Crippen molar-refractivity contribution in [2.45, 2.75) is 0 Å². The summed E-state index contributed by atoms with van der Waals surface area (Å²) in [4.78, 5) is 0. The molecule has 7 heavy (non-hydrogen) atoms. The van der Waals surface area contributed by atoms with E-state index in [1.54, 1.807) is 3.31 Å². The fourth-order valence-corrected chi connectivity index (χ4v) is 1.33. The van der Waals surface area contributed by atoms with Gasteiger partial charge in [0.05, 0.1) is 0 Å². The van der Waals surface area contributed by atoms with Crippen molar-refractivity contribution >= 4 is 0 Å². The number of nitrogens with zero attached hydrogens (tertiary/aromatic N) is 1. The molecule has 0 aliphatic heterocycles. The summed E-state index contributed by atoms with van der Waals surface area (Å²) in [7, 11) is 0. The van der Waals surface area contributed by atoms with Gasteiger partial charge in [0.15, 0.2) is 0 Å². The van der Waals surface area contributed by atoms with Gasteiger partial charge >= 0.3 is 48.7 Å². The van der Waals surface area contributed by atoms with Gasteiger partial charge in [0, 0.05) is 0 Å². The predicted molar refractivity (Wildman–Crippen MR) is 20.5 cm³/mol. The molecule has 1 heterocycles. The molecular formula is C4H4NOZn. The standard InChI is InChI=1S/C4H4N.O.Zn/c1-2-4-5-3-1;;/h1-4H;;/q-1;;+1. The van der Waals surface area contributed by atoms with Crippen LogP contribution in [-0.2, 0) is 20.9 Å². The van der Waals surface area contributed by atoms with Crippen LogP contribution in [0.2, 0.25) is 0 Å². The van der Waals surface area contributed by atoms with E-state index in [-0.39, 0.29) is 0 Å². The van der Waals surface area contributed by atoms with E-state index in [1.807, 2.05) is 24.5 Å². The fourth-order valence-electron chi connectivity index (χ4n) is 0.456. The van der Waals surface area contributed by atoms with Gasteiger partial charge in [-0.2, -0.15) is 0 Å². The molecule has 0 saturated heterocycles. The van der Waals surface area contributed by atoms with E-state index in [9.17, 15) is 3.57 Å². The van der Waals surface area contributed by atoms with Crippen molar-refractivity contribution in [2.75, 3.05) is 0 Å². The Bertz CT molecular complexity index is 147. The predicted octanol–water partition coefficient (Wildman–Crippen LogP) is 0.679. The van der Waals surface area contributed by atoms with Gasteiger partial charge in [0.25, 0.3) is 0 Å². The minimum absolute atomic E-state index is 1.56. The van der Waals surface area contributed by atoms with Crippen molar-refractivity contribution in [3.05, 3.63) is 24.5 Å². The first kappa shape index (κ1) is 4.85. The molecule has 1 aromatic heterocycles. The van der Waals surface area contributed by atoms with E-state index in [0.29, 0.717) is 0 Å². The maximum atomic E-state index is 10.1. The first-order valence-electron chi connectivity index (χ1n) is 2.12. The topological polar surface area (TPSA) is 22.0 Å². The molecule has 0 aromatic carbocycles. The van der Waals surface area contributed by atoms with Crippen LogP contribution in [0.3, 0.4) is 0 Å². The van der Waals surface area contributed by atoms with Crippen LogP contribution in [0.1, 0.15) is 0 Å². The zero-order chi connectivity index (χ0) is 5.11. The average Bonchev–Trinajstić information content (AvgIpc) is 2.14. The summed E-state index contributed by atoms with van der Waals surface area (Å²) in [6, 6.07) is 3.76. The number of aromatic nitrogens is 1. The third-order valence-electron chi connectivity index (χ3n) is 0.815. The first-order chi connectivity index (χ1) is 3.43. The van der Waals surface area contributed by atoms with Gasteiger partial charge in [-0.1, -0.05) is 0 Å². The SMILES string of the molecule is [O]=[Zn][n]1cccc1. The molecule has 0 radical (unpaired) electrons. The van der Waals surface area contributed by atoms with Gasteiger partial charge in [0.2, 0.25) is 0 Å². The van der Waals surface area contributed by atoms with E-state index in [1.165, 1.54) is 0 Å². The Hall–Kier alpha value is -0.297. The van der Waals surface area contributed by atoms with E-state index in [2.05, 4.69) is 0 Å². The number of hydrogen-bond acceptors (Lipinski definition) is 1. The molecule has 1 rings (SSSR count). The summed E-state index contributed by atoms with van der Waals surface area (Å²) >= 11 is -1.56. The van der Waals surface area contributed by atoms with Crippen LogP contribution < -0.4 is 0 Å². The second-order valence-electron chi connectivity index (χ2n) is 1.33. The van der Waals surface area contributed by atoms with Crippen molar-refractivity contribution in [3.63, 3.8) is 0 Å². The Morgan fingerprint density at radius 3 is 2.14 bits per heavy atom. The van der Waals surface area contributed by atoms with Crippen LogP contribution in [0.15, 0.2) is 24.5 Å². The number of rotatable bonds is 1. The normalized spacial score (nSPS) is 8.00. The second-order valence-corrected chi connectivity index (χ2v) is 3.40. The Morgan fingerprint density at radius 2 is 1.86 bits per heavy atom. The summed E-state index contributed by atoms with van der Waals surface area (Å²) < 4.78 is 11.9. The molecule has 0 N–H and O–H groups in total. The van der Waals surface area contributed by atoms with Crippen LogP contribution in [-0.4, -0.2) is 3.31 Å². The quantitative estimate of drug-likeness (QED) is 0.536. The fraction of sp³-hybridized carbons (Fsp3) is 0. The Balaban J connectivity index is 2.96. The van der Waals surface area contributed by atoms with Crippen molar-refractivity contribution in [1.82, 2.24) is 3.31 Å². The van der Waals surface area contributed by atoms with E-state index >= 15 is 0 Å². The van der Waals surface area contributed by atoms with Crippen molar-refractivity contribution in [3.8, 4) is 0 Å². The summed E-state index contributed by atoms with van der Waals surface area (Å²) in [6.45, 7) is 0. The minimum atomic E-state index is -1.56. The molecule has 33 valence electrons. The zero-order valence-corrected chi connectivity index (χ0v) is 6.84. The summed E-state index contributed by atoms with van der Waals surface area (Å²) in [5.41, 5.74) is 0. The Kier molecular flexibility index (Phi) is 1.47. The molecule has 0 fully saturated rings. The van der Waals surface area contributed by atoms with E-state index in [0.717, 1.165) is 0 Å². The molecule has 0 aliphatic rings. The molecule has 0 aliphatic carbocycles. The molecule has 0 saturated carbocycles. The van der Waals surface area contributed by atoms with E-state index in [4.69, 9.17) is 0 Å². The Labute approximate surface area is 49.3 Å². The Morgan fingerprint density at radius 1 is 1.29 bits per heavy atom. The molecular weight excluding hydrogens is 143 g/mol. The summed E-state index contributed by atoms with van der Waals surface area (Å²) in [5.74, 6) is 0. The molecule has 0 unspecified atom stereocenters. The van der Waals surface area contributed by atoms with Gasteiger partial charge in [-0.3, -0.25) is 0 Å². The first-order valence-corrected chi connectivity index (χ1v) is 4.66. The molecule has 0 amide bonds. The van der Waals surface area contributed by atoms with Gasteiger partial charge in [-0.25, -0.2) is 0 Å². The average molecular weight is 147 g/mol. The molecule has 1 aromatic rings. The third kappa shape index (κ3) is 1.03. The monoisotopic (exact) mass is 146 g/mol. The van der Waals surface area contributed by atoms with Gasteiger partial charge < -0.3 is 0 Å². The van der Waals surface area contributed by atoms with E-state index < -0.39 is 17.3 Å². The van der Waals surface area contributed by atoms with Gasteiger partial charge in [0.1, 0.15) is 0 Å². The molecule has 3 heteroatoms. The summed E-state index contributed by atoms with van der Waals surface area (Å²) in [5, 5.41) is 0. The molecule has 2 nitrogen and oxygen atoms in total.